The first-order valence-corrected chi connectivity index (χ1v) is 12.0. The number of aryl methyl sites for hydroxylation is 1. The van der Waals surface area contributed by atoms with Crippen LogP contribution in [0.4, 0.5) is 13.2 Å². The lowest BCUT2D eigenvalue weighted by Crippen LogP contribution is -2.54. The summed E-state index contributed by atoms with van der Waals surface area (Å²) in [6.45, 7) is 6.42. The molecule has 8 heteroatoms. The van der Waals surface area contributed by atoms with Crippen molar-refractivity contribution in [3.8, 4) is 11.1 Å². The van der Waals surface area contributed by atoms with Crippen LogP contribution in [-0.4, -0.2) is 50.2 Å². The Morgan fingerprint density at radius 3 is 2.64 bits per heavy atom. The lowest BCUT2D eigenvalue weighted by molar-refractivity contribution is -0.131. The molecule has 0 amide bonds. The van der Waals surface area contributed by atoms with Crippen molar-refractivity contribution >= 4 is 5.97 Å². The van der Waals surface area contributed by atoms with Gasteiger partial charge in [0.25, 0.3) is 0 Å². The second-order valence-corrected chi connectivity index (χ2v) is 10.7. The van der Waals surface area contributed by atoms with Crippen LogP contribution in [-0.2, 0) is 18.3 Å². The highest BCUT2D eigenvalue weighted by Crippen LogP contribution is 2.54. The molecule has 2 unspecified atom stereocenters. The molecule has 0 radical (unpaired) electrons. The number of benzene rings is 1. The molecule has 0 saturated heterocycles. The van der Waals surface area contributed by atoms with Gasteiger partial charge in [-0.2, -0.15) is 5.10 Å². The van der Waals surface area contributed by atoms with Gasteiger partial charge in [0.05, 0.1) is 17.7 Å². The predicted molar refractivity (Wildman–Crippen MR) is 133 cm³/mol. The molecule has 0 spiro atoms. The molecular weight excluding hydrogens is 467 g/mol. The number of allylic oxidation sites excluding steroid dienone is 4. The van der Waals surface area contributed by atoms with Gasteiger partial charge in [-0.15, -0.1) is 0 Å². The van der Waals surface area contributed by atoms with Gasteiger partial charge < -0.3 is 5.11 Å². The Morgan fingerprint density at radius 2 is 2.06 bits per heavy atom. The molecule has 4 rings (SSSR count). The molecule has 1 aromatic heterocycles. The largest absolute Gasteiger partial charge is 0.478 e. The van der Waals surface area contributed by atoms with Crippen molar-refractivity contribution in [2.45, 2.75) is 58.0 Å². The number of carboxylic acids is 1. The zero-order chi connectivity index (χ0) is 26.4. The van der Waals surface area contributed by atoms with Crippen LogP contribution >= 0.6 is 0 Å². The predicted octanol–water partition coefficient (Wildman–Crippen LogP) is 5.90. The Kier molecular flexibility index (Phi) is 6.77. The van der Waals surface area contributed by atoms with Crippen LogP contribution in [0.3, 0.4) is 0 Å². The number of alkyl halides is 2. The van der Waals surface area contributed by atoms with E-state index in [2.05, 4.69) is 5.10 Å². The van der Waals surface area contributed by atoms with E-state index in [0.29, 0.717) is 6.42 Å². The van der Waals surface area contributed by atoms with Gasteiger partial charge >= 0.3 is 5.97 Å². The third-order valence-corrected chi connectivity index (χ3v) is 7.15. The minimum atomic E-state index is -1.76. The van der Waals surface area contributed by atoms with Crippen LogP contribution in [0.25, 0.3) is 11.1 Å². The fourth-order valence-corrected chi connectivity index (χ4v) is 5.39. The van der Waals surface area contributed by atoms with Crippen LogP contribution in [0.2, 0.25) is 0 Å². The molecule has 1 N–H and O–H groups in total. The van der Waals surface area contributed by atoms with Gasteiger partial charge in [-0.1, -0.05) is 18.2 Å². The summed E-state index contributed by atoms with van der Waals surface area (Å²) in [4.78, 5) is 12.8. The normalized spacial score (nSPS) is 27.1. The molecule has 4 atom stereocenters. The summed E-state index contributed by atoms with van der Waals surface area (Å²) >= 11 is 0. The Morgan fingerprint density at radius 1 is 1.33 bits per heavy atom. The van der Waals surface area contributed by atoms with Crippen molar-refractivity contribution in [3.63, 3.8) is 0 Å². The lowest BCUT2D eigenvalue weighted by Gasteiger charge is -2.52. The maximum absolute atomic E-state index is 15.9. The van der Waals surface area contributed by atoms with Gasteiger partial charge in [0, 0.05) is 37.5 Å². The van der Waals surface area contributed by atoms with Gasteiger partial charge in [-0.05, 0) is 74.6 Å². The van der Waals surface area contributed by atoms with E-state index in [1.807, 2.05) is 43.3 Å². The lowest BCUT2D eigenvalue weighted by atomic mass is 9.67. The van der Waals surface area contributed by atoms with Gasteiger partial charge in [0.2, 0.25) is 0 Å². The first-order chi connectivity index (χ1) is 16.8. The first-order valence-electron chi connectivity index (χ1n) is 12.0. The number of nitrogens with zero attached hydrogens (tertiary/aromatic N) is 3. The standard InChI is InChI=1S/C28H32F3N3O2/c1-17-10-20-13-19(21-14-32-33(5)15-21)7-8-22(20)26(34(17)16-27(2,3)31)28(4)23(29)11-18(12-24(28)30)6-9-25(35)36/h6-9,11-15,17,23,26H,10,16H2,1-5H3,(H,35,36)/b9-6+/t17-,23?,26+,28?/m1/s1. The average Bonchev–Trinajstić information content (AvgIpc) is 3.21. The minimum absolute atomic E-state index is 0.00765. The number of aromatic nitrogens is 2. The highest BCUT2D eigenvalue weighted by molar-refractivity contribution is 5.80. The van der Waals surface area contributed by atoms with Gasteiger partial charge in [-0.25, -0.2) is 18.0 Å². The molecule has 0 saturated carbocycles. The molecule has 2 aromatic rings. The number of carbonyl (C=O) groups is 1. The number of fused-ring (bicyclic) bond motifs is 1. The van der Waals surface area contributed by atoms with E-state index in [-0.39, 0.29) is 18.2 Å². The number of rotatable bonds is 6. The highest BCUT2D eigenvalue weighted by atomic mass is 19.1. The number of halogens is 3. The summed E-state index contributed by atoms with van der Waals surface area (Å²) in [5, 5.41) is 13.1. The SMILES string of the molecule is C[C@@H]1Cc2cc(-c3cnn(C)c3)ccc2[C@@H](C2(C)C(F)=CC(/C=C/C(=O)O)=CC2F)N1CC(C)(C)F. The first kappa shape index (κ1) is 25.9. The number of hydrogen-bond donors (Lipinski definition) is 1. The third-order valence-electron chi connectivity index (χ3n) is 7.15. The molecule has 192 valence electrons. The average molecular weight is 500 g/mol. The van der Waals surface area contributed by atoms with Gasteiger partial charge in [0.15, 0.2) is 0 Å². The van der Waals surface area contributed by atoms with Crippen LogP contribution in [0.1, 0.15) is 44.9 Å². The molecule has 2 aliphatic rings. The Balaban J connectivity index is 1.83. The fraction of sp³-hybridized carbons (Fsp3) is 0.429. The summed E-state index contributed by atoms with van der Waals surface area (Å²) in [5.74, 6) is -1.91. The maximum atomic E-state index is 15.9. The van der Waals surface area contributed by atoms with E-state index in [0.717, 1.165) is 28.3 Å². The van der Waals surface area contributed by atoms with Crippen molar-refractivity contribution in [3.05, 3.63) is 77.4 Å². The Labute approximate surface area is 209 Å². The Bertz CT molecular complexity index is 1260. The van der Waals surface area contributed by atoms with E-state index in [1.165, 1.54) is 39.0 Å². The van der Waals surface area contributed by atoms with Crippen molar-refractivity contribution in [1.82, 2.24) is 14.7 Å². The molecule has 0 fully saturated rings. The Hall–Kier alpha value is -3.13. The molecule has 1 aliphatic heterocycles. The minimum Gasteiger partial charge on any atom is -0.478 e. The quantitative estimate of drug-likeness (QED) is 0.503. The summed E-state index contributed by atoms with van der Waals surface area (Å²) in [6, 6.07) is 4.89. The zero-order valence-corrected chi connectivity index (χ0v) is 21.2. The summed E-state index contributed by atoms with van der Waals surface area (Å²) in [7, 11) is 1.84. The van der Waals surface area contributed by atoms with Crippen molar-refractivity contribution in [2.24, 2.45) is 12.5 Å². The molecule has 0 bridgehead atoms. The molecule has 36 heavy (non-hydrogen) atoms. The van der Waals surface area contributed by atoms with Crippen molar-refractivity contribution < 1.29 is 23.1 Å². The van der Waals surface area contributed by atoms with E-state index < -0.39 is 35.1 Å². The molecule has 1 aliphatic carbocycles. The molecule has 2 heterocycles. The van der Waals surface area contributed by atoms with E-state index in [4.69, 9.17) is 5.11 Å². The number of carboxylic acid groups (broad SMARTS) is 1. The van der Waals surface area contributed by atoms with Gasteiger partial charge in [0.1, 0.15) is 17.7 Å². The number of hydrogen-bond acceptors (Lipinski definition) is 3. The zero-order valence-electron chi connectivity index (χ0n) is 21.2. The highest BCUT2D eigenvalue weighted by Gasteiger charge is 2.53. The number of aliphatic carboxylic acids is 1. The molecule has 1 aromatic carbocycles. The van der Waals surface area contributed by atoms with E-state index >= 15 is 8.78 Å². The monoisotopic (exact) mass is 499 g/mol. The summed E-state index contributed by atoms with van der Waals surface area (Å²) in [6.07, 6.45) is 6.96. The smallest absolute Gasteiger partial charge is 0.328 e. The second-order valence-electron chi connectivity index (χ2n) is 10.7. The summed E-state index contributed by atoms with van der Waals surface area (Å²) < 4.78 is 48.5. The van der Waals surface area contributed by atoms with Crippen LogP contribution < -0.4 is 0 Å². The second kappa shape index (κ2) is 9.39. The molecule has 5 nitrogen and oxygen atoms in total. The topological polar surface area (TPSA) is 58.4 Å². The molecular formula is C28H32F3N3O2. The van der Waals surface area contributed by atoms with Crippen molar-refractivity contribution in [2.75, 3.05) is 6.54 Å². The van der Waals surface area contributed by atoms with Crippen molar-refractivity contribution in [1.29, 1.82) is 0 Å². The van der Waals surface area contributed by atoms with Crippen LogP contribution in [0, 0.1) is 5.41 Å². The maximum Gasteiger partial charge on any atom is 0.328 e. The third kappa shape index (κ3) is 4.91. The van der Waals surface area contributed by atoms with E-state index in [9.17, 15) is 9.18 Å². The van der Waals surface area contributed by atoms with Crippen LogP contribution in [0.15, 0.2) is 66.3 Å². The van der Waals surface area contributed by atoms with E-state index in [1.54, 1.807) is 10.9 Å². The van der Waals surface area contributed by atoms with Crippen LogP contribution in [0.5, 0.6) is 0 Å². The fourth-order valence-electron chi connectivity index (χ4n) is 5.39. The summed E-state index contributed by atoms with van der Waals surface area (Å²) in [5.41, 5.74) is 0.545. The van der Waals surface area contributed by atoms with Gasteiger partial charge in [-0.3, -0.25) is 9.58 Å².